The average Bonchev–Trinajstić information content (AvgIpc) is 3.47. The molecular weight excluding hydrogens is 498 g/mol. The van der Waals surface area contributed by atoms with E-state index in [0.29, 0.717) is 41.5 Å². The van der Waals surface area contributed by atoms with E-state index in [0.717, 1.165) is 50.1 Å². The molecule has 216 valence electrons. The second-order valence-electron chi connectivity index (χ2n) is 14.7. The van der Waals surface area contributed by atoms with Crippen LogP contribution in [-0.4, -0.2) is 41.1 Å². The summed E-state index contributed by atoms with van der Waals surface area (Å²) in [4.78, 5) is 27.9. The Morgan fingerprint density at radius 2 is 1.90 bits per heavy atom. The van der Waals surface area contributed by atoms with Crippen molar-refractivity contribution >= 4 is 11.9 Å². The topological polar surface area (TPSA) is 55.8 Å². The molecule has 5 fully saturated rings. The zero-order chi connectivity index (χ0) is 27.8. The summed E-state index contributed by atoms with van der Waals surface area (Å²) in [6, 6.07) is 10.0. The zero-order valence-corrected chi connectivity index (χ0v) is 24.9. The molecule has 2 heterocycles. The molecule has 4 aliphatic carbocycles. The Labute approximate surface area is 240 Å². The van der Waals surface area contributed by atoms with E-state index in [1.165, 1.54) is 31.3 Å². The maximum Gasteiger partial charge on any atom is 0.410 e. The van der Waals surface area contributed by atoms with Gasteiger partial charge in [-0.15, -0.1) is 0 Å². The van der Waals surface area contributed by atoms with Crippen LogP contribution in [0.5, 0.6) is 0 Å². The summed E-state index contributed by atoms with van der Waals surface area (Å²) < 4.78 is 13.1. The Balaban J connectivity index is 1.15. The summed E-state index contributed by atoms with van der Waals surface area (Å²) in [6.07, 6.45) is 9.50. The lowest BCUT2D eigenvalue weighted by atomic mass is 9.52. The van der Waals surface area contributed by atoms with Crippen LogP contribution in [0.25, 0.3) is 0 Å². The average molecular weight is 546 g/mol. The Kier molecular flexibility index (Phi) is 6.49. The Hall–Kier alpha value is -2.14. The molecule has 1 spiro atoms. The number of hydrogen-bond acceptors (Lipinski definition) is 4. The van der Waals surface area contributed by atoms with Crippen LogP contribution in [0, 0.1) is 40.9 Å². The van der Waals surface area contributed by atoms with E-state index in [1.54, 1.807) is 5.57 Å². The van der Waals surface area contributed by atoms with E-state index < -0.39 is 0 Å². The third kappa shape index (κ3) is 3.96. The van der Waals surface area contributed by atoms with Gasteiger partial charge in [-0.25, -0.2) is 4.79 Å². The van der Waals surface area contributed by atoms with Crippen LogP contribution in [-0.2, 0) is 20.9 Å². The molecule has 40 heavy (non-hydrogen) atoms. The van der Waals surface area contributed by atoms with E-state index in [1.807, 2.05) is 35.2 Å². The van der Waals surface area contributed by atoms with E-state index in [9.17, 15) is 9.59 Å². The summed E-state index contributed by atoms with van der Waals surface area (Å²) in [6.45, 7) is 10.5. The van der Waals surface area contributed by atoms with Gasteiger partial charge < -0.3 is 14.4 Å². The van der Waals surface area contributed by atoms with Crippen molar-refractivity contribution in [1.29, 1.82) is 0 Å². The van der Waals surface area contributed by atoms with Crippen molar-refractivity contribution in [2.24, 2.45) is 40.9 Å². The number of carbonyl (C=O) groups is 2. The van der Waals surface area contributed by atoms with Gasteiger partial charge in [0.15, 0.2) is 0 Å². The van der Waals surface area contributed by atoms with E-state index in [-0.39, 0.29) is 29.8 Å². The minimum Gasteiger partial charge on any atom is -0.445 e. The monoisotopic (exact) mass is 545 g/mol. The Bertz CT molecular complexity index is 1210. The van der Waals surface area contributed by atoms with Gasteiger partial charge in [-0.05, 0) is 98.0 Å². The molecule has 2 aliphatic heterocycles. The SMILES string of the molecule is CC1=C2C[C@H]3[C@@H](CC[C@@H]4CC(=O)CC[C@@]43C)[C@@H]2CC[C@]12O[C@@H]1C[C@H](C)CN(C(=O)OCc3ccccc3)[C@H]1[C@H]2C. The molecule has 0 radical (unpaired) electrons. The van der Waals surface area contributed by atoms with Crippen molar-refractivity contribution in [1.82, 2.24) is 4.90 Å². The summed E-state index contributed by atoms with van der Waals surface area (Å²) in [5.41, 5.74) is 4.21. The van der Waals surface area contributed by atoms with Crippen LogP contribution in [0.1, 0.15) is 91.0 Å². The molecule has 1 amide bonds. The number of fused-ring (bicyclic) bond motifs is 6. The third-order valence-corrected chi connectivity index (χ3v) is 12.8. The molecule has 1 aromatic rings. The maximum absolute atomic E-state index is 13.5. The number of piperidine rings is 1. The van der Waals surface area contributed by atoms with E-state index in [2.05, 4.69) is 27.7 Å². The minimum absolute atomic E-state index is 0.0570. The number of rotatable bonds is 2. The first-order chi connectivity index (χ1) is 19.2. The fourth-order valence-electron chi connectivity index (χ4n) is 10.7. The molecule has 7 rings (SSSR count). The number of benzene rings is 1. The van der Waals surface area contributed by atoms with Crippen LogP contribution in [0.4, 0.5) is 4.79 Å². The van der Waals surface area contributed by atoms with Crippen LogP contribution in [0.15, 0.2) is 41.5 Å². The number of ketones is 1. The van der Waals surface area contributed by atoms with Crippen molar-refractivity contribution in [3.63, 3.8) is 0 Å². The van der Waals surface area contributed by atoms with Gasteiger partial charge in [0.1, 0.15) is 12.4 Å². The minimum atomic E-state index is -0.278. The van der Waals surface area contributed by atoms with E-state index >= 15 is 0 Å². The van der Waals surface area contributed by atoms with Crippen LogP contribution in [0.3, 0.4) is 0 Å². The first-order valence-corrected chi connectivity index (χ1v) is 16.1. The standard InChI is InChI=1S/C35H47NO4/c1-21-16-31-32(36(19-21)33(38)39-20-24-8-6-5-7-9-24)23(3)35(40-31)15-13-27-28-11-10-25-17-26(37)12-14-34(25,4)30(28)18-29(27)22(35)2/h5-9,21,23,25,27-28,30-32H,10-20H2,1-4H3/t21-,23+,25+,27-,28-,30-,31+,32-,34-,35-/m0/s1. The highest BCUT2D eigenvalue weighted by molar-refractivity contribution is 5.79. The molecule has 0 N–H and O–H groups in total. The predicted octanol–water partition coefficient (Wildman–Crippen LogP) is 7.34. The van der Waals surface area contributed by atoms with Gasteiger partial charge in [0.25, 0.3) is 0 Å². The first kappa shape index (κ1) is 26.7. The zero-order valence-electron chi connectivity index (χ0n) is 24.9. The smallest absolute Gasteiger partial charge is 0.410 e. The lowest BCUT2D eigenvalue weighted by Crippen LogP contribution is -2.54. The molecule has 10 atom stereocenters. The molecule has 5 heteroatoms. The molecular formula is C35H47NO4. The van der Waals surface area contributed by atoms with Crippen LogP contribution in [0.2, 0.25) is 0 Å². The summed E-state index contributed by atoms with van der Waals surface area (Å²) in [5.74, 6) is 3.83. The molecule has 6 aliphatic rings. The number of hydrogen-bond donors (Lipinski definition) is 0. The fraction of sp³-hybridized carbons (Fsp3) is 0.714. The van der Waals surface area contributed by atoms with Gasteiger partial charge >= 0.3 is 6.09 Å². The second-order valence-corrected chi connectivity index (χ2v) is 14.7. The molecule has 3 saturated carbocycles. The molecule has 1 aromatic carbocycles. The van der Waals surface area contributed by atoms with Crippen LogP contribution >= 0.6 is 0 Å². The van der Waals surface area contributed by atoms with Gasteiger partial charge in [0.2, 0.25) is 0 Å². The summed E-state index contributed by atoms with van der Waals surface area (Å²) in [7, 11) is 0. The van der Waals surface area contributed by atoms with Gasteiger partial charge in [-0.3, -0.25) is 4.79 Å². The highest BCUT2D eigenvalue weighted by atomic mass is 16.6. The lowest BCUT2D eigenvalue weighted by molar-refractivity contribution is -0.129. The molecule has 5 nitrogen and oxygen atoms in total. The molecule has 0 aromatic heterocycles. The van der Waals surface area contributed by atoms with E-state index in [4.69, 9.17) is 9.47 Å². The van der Waals surface area contributed by atoms with Gasteiger partial charge in [-0.2, -0.15) is 0 Å². The second kappa shape index (κ2) is 9.71. The largest absolute Gasteiger partial charge is 0.445 e. The fourth-order valence-corrected chi connectivity index (χ4v) is 10.7. The number of carbonyl (C=O) groups excluding carboxylic acids is 2. The number of ether oxygens (including phenoxy) is 2. The summed E-state index contributed by atoms with van der Waals surface area (Å²) >= 11 is 0. The molecule has 0 bridgehead atoms. The number of likely N-dealkylation sites (tertiary alicyclic amines) is 1. The van der Waals surface area contributed by atoms with Crippen molar-refractivity contribution in [3.05, 3.63) is 47.0 Å². The highest BCUT2D eigenvalue weighted by Crippen LogP contribution is 2.66. The molecule has 2 saturated heterocycles. The Morgan fingerprint density at radius 1 is 1.10 bits per heavy atom. The maximum atomic E-state index is 13.5. The number of nitrogens with zero attached hydrogens (tertiary/aromatic N) is 1. The number of Topliss-reactive ketones (excluding diaryl/α,β-unsaturated/α-hetero) is 1. The van der Waals surface area contributed by atoms with Crippen molar-refractivity contribution in [2.75, 3.05) is 6.54 Å². The quantitative estimate of drug-likeness (QED) is 0.365. The van der Waals surface area contributed by atoms with Gasteiger partial charge in [0.05, 0.1) is 17.7 Å². The third-order valence-electron chi connectivity index (χ3n) is 12.8. The normalized spacial score (nSPS) is 44.2. The molecule has 0 unspecified atom stereocenters. The van der Waals surface area contributed by atoms with Crippen molar-refractivity contribution < 1.29 is 19.1 Å². The van der Waals surface area contributed by atoms with Gasteiger partial charge in [-0.1, -0.05) is 56.7 Å². The van der Waals surface area contributed by atoms with Gasteiger partial charge in [0, 0.05) is 25.3 Å². The summed E-state index contributed by atoms with van der Waals surface area (Å²) in [5, 5.41) is 0. The lowest BCUT2D eigenvalue weighted by Gasteiger charge is -2.52. The van der Waals surface area contributed by atoms with Crippen molar-refractivity contribution in [3.8, 4) is 0 Å². The Morgan fingerprint density at radius 3 is 2.70 bits per heavy atom. The predicted molar refractivity (Wildman–Crippen MR) is 154 cm³/mol. The first-order valence-electron chi connectivity index (χ1n) is 16.1. The van der Waals surface area contributed by atoms with Crippen molar-refractivity contribution in [2.45, 2.75) is 110 Å². The van der Waals surface area contributed by atoms with Crippen LogP contribution < -0.4 is 0 Å². The highest BCUT2D eigenvalue weighted by Gasteiger charge is 2.63. The number of allylic oxidation sites excluding steroid dienone is 1. The number of amides is 1.